The molecule has 1 saturated heterocycles. The fraction of sp³-hybridized carbons (Fsp3) is 0.292. The summed E-state index contributed by atoms with van der Waals surface area (Å²) >= 11 is 11.1. The number of carbonyl (C=O) groups is 2. The van der Waals surface area contributed by atoms with Crippen LogP contribution in [0, 0.1) is 12.8 Å². The molecule has 5 rings (SSSR count). The van der Waals surface area contributed by atoms with Gasteiger partial charge in [-0.1, -0.05) is 45.7 Å². The second-order valence-corrected chi connectivity index (χ2v) is 10.9. The number of hydrogen-bond acceptors (Lipinski definition) is 4. The van der Waals surface area contributed by atoms with Crippen LogP contribution in [0.5, 0.6) is 0 Å². The van der Waals surface area contributed by atoms with Crippen LogP contribution in [0.4, 0.5) is 0 Å². The molecule has 164 valence electrons. The molecule has 5 nitrogen and oxygen atoms in total. The van der Waals surface area contributed by atoms with Gasteiger partial charge in [-0.15, -0.1) is 11.3 Å². The van der Waals surface area contributed by atoms with E-state index in [0.717, 1.165) is 32.8 Å². The van der Waals surface area contributed by atoms with E-state index >= 15 is 0 Å². The van der Waals surface area contributed by atoms with E-state index < -0.39 is 0 Å². The molecule has 2 aromatic carbocycles. The first-order valence-corrected chi connectivity index (χ1v) is 12.5. The van der Waals surface area contributed by atoms with Crippen molar-refractivity contribution < 1.29 is 9.59 Å². The summed E-state index contributed by atoms with van der Waals surface area (Å²) in [5.41, 5.74) is 1.97. The Labute approximate surface area is 203 Å². The number of aryl methyl sites for hydroxylation is 1. The lowest BCUT2D eigenvalue weighted by atomic mass is 10.1. The van der Waals surface area contributed by atoms with E-state index in [1.54, 1.807) is 12.1 Å². The normalized spacial score (nSPS) is 21.3. The Bertz CT molecular complexity index is 1210. The molecule has 2 amide bonds. The maximum atomic E-state index is 13.7. The Hall–Kier alpha value is -2.22. The molecular weight excluding hydrogens is 510 g/mol. The van der Waals surface area contributed by atoms with Crippen LogP contribution >= 0.6 is 38.9 Å². The molecule has 1 aliphatic carbocycles. The van der Waals surface area contributed by atoms with Gasteiger partial charge in [0, 0.05) is 27.6 Å². The third-order valence-electron chi connectivity index (χ3n) is 6.05. The van der Waals surface area contributed by atoms with Gasteiger partial charge in [0.15, 0.2) is 0 Å². The van der Waals surface area contributed by atoms with E-state index in [4.69, 9.17) is 11.6 Å². The molecule has 0 spiro atoms. The number of thiazole rings is 1. The van der Waals surface area contributed by atoms with Crippen molar-refractivity contribution in [1.82, 2.24) is 15.2 Å². The van der Waals surface area contributed by atoms with Crippen LogP contribution < -0.4 is 5.32 Å². The van der Waals surface area contributed by atoms with Crippen LogP contribution in [0.15, 0.2) is 53.0 Å². The third-order valence-corrected chi connectivity index (χ3v) is 7.80. The maximum absolute atomic E-state index is 13.7. The monoisotopic (exact) mass is 529 g/mol. The van der Waals surface area contributed by atoms with Crippen LogP contribution in [-0.2, 0) is 0 Å². The fourth-order valence-electron chi connectivity index (χ4n) is 4.52. The predicted octanol–water partition coefficient (Wildman–Crippen LogP) is 5.57. The summed E-state index contributed by atoms with van der Waals surface area (Å²) in [5.74, 6) is 0.320. The van der Waals surface area contributed by atoms with E-state index in [0.29, 0.717) is 28.7 Å². The van der Waals surface area contributed by atoms with E-state index in [-0.39, 0.29) is 23.9 Å². The molecular formula is C24H21BrClN3O2S. The van der Waals surface area contributed by atoms with Crippen molar-refractivity contribution in [2.24, 2.45) is 5.92 Å². The molecule has 1 N–H and O–H groups in total. The van der Waals surface area contributed by atoms with Gasteiger partial charge in [-0.05, 0) is 61.6 Å². The number of hydrogen-bond donors (Lipinski definition) is 1. The molecule has 1 aliphatic heterocycles. The zero-order chi connectivity index (χ0) is 22.4. The lowest BCUT2D eigenvalue weighted by Crippen LogP contribution is -2.45. The molecule has 2 aliphatic rings. The van der Waals surface area contributed by atoms with Crippen molar-refractivity contribution in [3.05, 3.63) is 74.3 Å². The van der Waals surface area contributed by atoms with E-state index in [9.17, 15) is 9.59 Å². The van der Waals surface area contributed by atoms with Gasteiger partial charge < -0.3 is 10.2 Å². The topological polar surface area (TPSA) is 62.3 Å². The van der Waals surface area contributed by atoms with E-state index in [1.165, 1.54) is 11.3 Å². The molecule has 1 saturated carbocycles. The zero-order valence-corrected chi connectivity index (χ0v) is 20.5. The van der Waals surface area contributed by atoms with Gasteiger partial charge in [-0.2, -0.15) is 0 Å². The van der Waals surface area contributed by atoms with Crippen LogP contribution in [0.25, 0.3) is 10.4 Å². The summed E-state index contributed by atoms with van der Waals surface area (Å²) < 4.78 is 0.858. The van der Waals surface area contributed by atoms with Gasteiger partial charge in [-0.25, -0.2) is 4.98 Å². The highest BCUT2D eigenvalue weighted by Gasteiger charge is 2.54. The number of benzene rings is 2. The number of nitrogens with zero attached hydrogens (tertiary/aromatic N) is 2. The molecule has 32 heavy (non-hydrogen) atoms. The van der Waals surface area contributed by atoms with E-state index in [2.05, 4.69) is 26.2 Å². The summed E-state index contributed by atoms with van der Waals surface area (Å²) in [6, 6.07) is 15.0. The van der Waals surface area contributed by atoms with Crippen molar-refractivity contribution in [2.75, 3.05) is 6.54 Å². The standard InChI is InChI=1S/C24H21BrClN3O2S/c1-13-28-21(22(32-13)14-4-3-7-18(26)9-14)24(31)29-19(10-16-11-20(16)29)12-27-23(30)15-5-2-6-17(25)8-15/h2-9,16,19-20H,10-12H2,1H3,(H,27,30)/t16-,19-,20-/m0/s1. The Morgan fingerprint density at radius 1 is 1.22 bits per heavy atom. The predicted molar refractivity (Wildman–Crippen MR) is 130 cm³/mol. The molecule has 0 bridgehead atoms. The van der Waals surface area contributed by atoms with Gasteiger partial charge in [0.25, 0.3) is 11.8 Å². The van der Waals surface area contributed by atoms with Crippen LogP contribution in [0.3, 0.4) is 0 Å². The van der Waals surface area contributed by atoms with Gasteiger partial charge in [-0.3, -0.25) is 9.59 Å². The first-order chi connectivity index (χ1) is 15.4. The lowest BCUT2D eigenvalue weighted by molar-refractivity contribution is 0.0684. The number of halogens is 2. The molecule has 0 radical (unpaired) electrons. The molecule has 0 unspecified atom stereocenters. The van der Waals surface area contributed by atoms with Crippen molar-refractivity contribution >= 4 is 50.7 Å². The van der Waals surface area contributed by atoms with Crippen molar-refractivity contribution in [1.29, 1.82) is 0 Å². The fourth-order valence-corrected chi connectivity index (χ4v) is 6.02. The molecule has 1 aromatic heterocycles. The summed E-state index contributed by atoms with van der Waals surface area (Å²) in [6.45, 7) is 2.34. The Balaban J connectivity index is 1.36. The van der Waals surface area contributed by atoms with Gasteiger partial charge in [0.05, 0.1) is 15.9 Å². The molecule has 3 aromatic rings. The minimum absolute atomic E-state index is 0.0310. The SMILES string of the molecule is Cc1nc(C(=O)N2[C@H](CNC(=O)c3cccc(Br)c3)C[C@H]3C[C@@H]32)c(-c2cccc(Cl)c2)s1. The molecule has 8 heteroatoms. The number of nitrogens with one attached hydrogen (secondary N) is 1. The summed E-state index contributed by atoms with van der Waals surface area (Å²) in [6.07, 6.45) is 1.93. The Morgan fingerprint density at radius 3 is 2.81 bits per heavy atom. The highest BCUT2D eigenvalue weighted by Crippen LogP contribution is 2.48. The van der Waals surface area contributed by atoms with Gasteiger partial charge in [0.2, 0.25) is 0 Å². The largest absolute Gasteiger partial charge is 0.350 e. The highest BCUT2D eigenvalue weighted by atomic mass is 79.9. The van der Waals surface area contributed by atoms with E-state index in [1.807, 2.05) is 48.2 Å². The third kappa shape index (κ3) is 4.21. The lowest BCUT2D eigenvalue weighted by Gasteiger charge is -2.27. The maximum Gasteiger partial charge on any atom is 0.274 e. The number of aromatic nitrogens is 1. The first kappa shape index (κ1) is 21.6. The smallest absolute Gasteiger partial charge is 0.274 e. The Morgan fingerprint density at radius 2 is 2.03 bits per heavy atom. The zero-order valence-electron chi connectivity index (χ0n) is 17.3. The number of amides is 2. The van der Waals surface area contributed by atoms with Crippen LogP contribution in [0.2, 0.25) is 5.02 Å². The minimum Gasteiger partial charge on any atom is -0.350 e. The molecule has 3 atom stereocenters. The molecule has 2 fully saturated rings. The number of fused-ring (bicyclic) bond motifs is 1. The van der Waals surface area contributed by atoms with Crippen LogP contribution in [0.1, 0.15) is 38.7 Å². The average Bonchev–Trinajstić information content (AvgIpc) is 3.26. The summed E-state index contributed by atoms with van der Waals surface area (Å²) in [4.78, 5) is 33.7. The van der Waals surface area contributed by atoms with Gasteiger partial charge >= 0.3 is 0 Å². The van der Waals surface area contributed by atoms with Crippen molar-refractivity contribution in [3.63, 3.8) is 0 Å². The second kappa shape index (κ2) is 8.61. The first-order valence-electron chi connectivity index (χ1n) is 10.5. The highest BCUT2D eigenvalue weighted by molar-refractivity contribution is 9.10. The van der Waals surface area contributed by atoms with Crippen LogP contribution in [-0.4, -0.2) is 40.3 Å². The average molecular weight is 531 g/mol. The second-order valence-electron chi connectivity index (χ2n) is 8.31. The number of carbonyl (C=O) groups excluding carboxylic acids is 2. The van der Waals surface area contributed by atoms with Crippen molar-refractivity contribution in [2.45, 2.75) is 31.8 Å². The number of likely N-dealkylation sites (tertiary alicyclic amines) is 1. The Kier molecular flexibility index (Phi) is 5.82. The number of rotatable bonds is 5. The van der Waals surface area contributed by atoms with Gasteiger partial charge in [0.1, 0.15) is 5.69 Å². The summed E-state index contributed by atoms with van der Waals surface area (Å²) in [7, 11) is 0. The molecule has 2 heterocycles. The summed E-state index contributed by atoms with van der Waals surface area (Å²) in [5, 5.41) is 4.49. The van der Waals surface area contributed by atoms with Crippen molar-refractivity contribution in [3.8, 4) is 10.4 Å². The quantitative estimate of drug-likeness (QED) is 0.469. The number of piperidine rings is 1. The minimum atomic E-state index is -0.136.